The minimum absolute atomic E-state index is 0.840. The average molecular weight is 183 g/mol. The van der Waals surface area contributed by atoms with Gasteiger partial charge in [-0.1, -0.05) is 18.2 Å². The summed E-state index contributed by atoms with van der Waals surface area (Å²) >= 11 is 0. The van der Waals surface area contributed by atoms with Crippen molar-refractivity contribution in [3.05, 3.63) is 29.8 Å². The molecule has 0 spiro atoms. The van der Waals surface area contributed by atoms with Crippen LogP contribution >= 0.6 is 0 Å². The highest BCUT2D eigenvalue weighted by molar-refractivity contribution is 7.93. The molecule has 1 rings (SSSR count). The lowest BCUT2D eigenvalue weighted by molar-refractivity contribution is 0.679. The van der Waals surface area contributed by atoms with Gasteiger partial charge in [-0.25, -0.2) is 8.57 Å². The zero-order valence-electron chi connectivity index (χ0n) is 7.57. The van der Waals surface area contributed by atoms with Crippen molar-refractivity contribution in [1.82, 2.24) is 0 Å². The van der Waals surface area contributed by atoms with Gasteiger partial charge in [0.2, 0.25) is 0 Å². The maximum absolute atomic E-state index is 11.8. The molecule has 0 fully saturated rings. The summed E-state index contributed by atoms with van der Waals surface area (Å²) in [5.41, 5.74) is 1.04. The van der Waals surface area contributed by atoms with Crippen LogP contribution in [-0.4, -0.2) is 17.5 Å². The Morgan fingerprint density at radius 1 is 1.33 bits per heavy atom. The minimum Gasteiger partial charge on any atom is -0.245 e. The molecular formula is C9H13NOS. The first-order chi connectivity index (χ1) is 5.58. The van der Waals surface area contributed by atoms with Gasteiger partial charge in [0.25, 0.3) is 0 Å². The molecule has 0 aliphatic carbocycles. The van der Waals surface area contributed by atoms with E-state index < -0.39 is 9.73 Å². The summed E-state index contributed by atoms with van der Waals surface area (Å²) in [6, 6.07) is 7.63. The van der Waals surface area contributed by atoms with E-state index in [-0.39, 0.29) is 0 Å². The second-order valence-corrected chi connectivity index (χ2v) is 5.16. The molecule has 3 heteroatoms. The number of nitrogens with zero attached hydrogens (tertiary/aromatic N) is 1. The van der Waals surface area contributed by atoms with Crippen molar-refractivity contribution >= 4 is 9.73 Å². The van der Waals surface area contributed by atoms with E-state index >= 15 is 0 Å². The Kier molecular flexibility index (Phi) is 2.52. The molecule has 0 unspecified atom stereocenters. The summed E-state index contributed by atoms with van der Waals surface area (Å²) in [5.74, 6) is 0. The minimum atomic E-state index is -2.15. The van der Waals surface area contributed by atoms with Crippen molar-refractivity contribution in [3.8, 4) is 0 Å². The fraction of sp³-hybridized carbons (Fsp3) is 0.333. The predicted octanol–water partition coefficient (Wildman–Crippen LogP) is 2.08. The Bertz CT molecular complexity index is 389. The maximum atomic E-state index is 11.8. The average Bonchev–Trinajstić information content (AvgIpc) is 2.05. The second kappa shape index (κ2) is 3.27. The van der Waals surface area contributed by atoms with Crippen LogP contribution in [0, 0.1) is 6.92 Å². The fourth-order valence-corrected chi connectivity index (χ4v) is 2.27. The Balaban J connectivity index is 3.40. The van der Waals surface area contributed by atoms with E-state index in [2.05, 4.69) is 4.36 Å². The molecule has 1 atom stereocenters. The summed E-state index contributed by atoms with van der Waals surface area (Å²) in [4.78, 5) is 0.840. The summed E-state index contributed by atoms with van der Waals surface area (Å²) in [6.07, 6.45) is 1.66. The van der Waals surface area contributed by atoms with Gasteiger partial charge in [0.05, 0.1) is 14.6 Å². The molecule has 1 aromatic rings. The summed E-state index contributed by atoms with van der Waals surface area (Å²) in [5, 5.41) is 0. The first-order valence-electron chi connectivity index (χ1n) is 3.74. The monoisotopic (exact) mass is 183 g/mol. The lowest BCUT2D eigenvalue weighted by Crippen LogP contribution is -1.99. The predicted molar refractivity (Wildman–Crippen MR) is 51.9 cm³/mol. The number of hydrogen-bond donors (Lipinski definition) is 0. The van der Waals surface area contributed by atoms with Gasteiger partial charge >= 0.3 is 0 Å². The Labute approximate surface area is 73.8 Å². The van der Waals surface area contributed by atoms with Crippen LogP contribution in [0.1, 0.15) is 5.56 Å². The van der Waals surface area contributed by atoms with E-state index in [1.54, 1.807) is 13.3 Å². The van der Waals surface area contributed by atoms with Crippen LogP contribution in [0.25, 0.3) is 0 Å². The molecule has 1 aromatic carbocycles. The molecule has 0 saturated carbocycles. The number of aryl methyl sites for hydroxylation is 1. The summed E-state index contributed by atoms with van der Waals surface area (Å²) in [6.45, 7) is 1.95. The van der Waals surface area contributed by atoms with Crippen LogP contribution in [0.4, 0.5) is 0 Å². The van der Waals surface area contributed by atoms with Crippen molar-refractivity contribution in [2.24, 2.45) is 4.36 Å². The van der Waals surface area contributed by atoms with Gasteiger partial charge < -0.3 is 0 Å². The summed E-state index contributed by atoms with van der Waals surface area (Å²) in [7, 11) is -0.562. The molecule has 0 saturated heterocycles. The molecule has 0 radical (unpaired) electrons. The van der Waals surface area contributed by atoms with Crippen molar-refractivity contribution < 1.29 is 4.21 Å². The molecule has 12 heavy (non-hydrogen) atoms. The molecule has 0 aliphatic heterocycles. The van der Waals surface area contributed by atoms with Crippen LogP contribution in [0.3, 0.4) is 0 Å². The van der Waals surface area contributed by atoms with Crippen LogP contribution in [-0.2, 0) is 9.73 Å². The SMILES string of the molecule is CN=[S@](C)(=O)c1ccccc1C. The van der Waals surface area contributed by atoms with Crippen LogP contribution in [0.15, 0.2) is 33.5 Å². The van der Waals surface area contributed by atoms with Crippen molar-refractivity contribution in [1.29, 1.82) is 0 Å². The van der Waals surface area contributed by atoms with Crippen molar-refractivity contribution in [2.75, 3.05) is 13.3 Å². The number of hydrogen-bond acceptors (Lipinski definition) is 2. The van der Waals surface area contributed by atoms with Gasteiger partial charge in [-0.3, -0.25) is 0 Å². The second-order valence-electron chi connectivity index (χ2n) is 2.75. The van der Waals surface area contributed by atoms with E-state index in [1.807, 2.05) is 31.2 Å². The molecular weight excluding hydrogens is 170 g/mol. The van der Waals surface area contributed by atoms with Gasteiger partial charge in [0.15, 0.2) is 0 Å². The van der Waals surface area contributed by atoms with Gasteiger partial charge in [0.1, 0.15) is 0 Å². The molecule has 0 aliphatic rings. The molecule has 0 heterocycles. The normalized spacial score (nSPS) is 15.2. The van der Waals surface area contributed by atoms with E-state index in [9.17, 15) is 4.21 Å². The van der Waals surface area contributed by atoms with Crippen LogP contribution < -0.4 is 0 Å². The lowest BCUT2D eigenvalue weighted by Gasteiger charge is -2.05. The fourth-order valence-electron chi connectivity index (χ4n) is 1.08. The lowest BCUT2D eigenvalue weighted by atomic mass is 10.2. The maximum Gasteiger partial charge on any atom is 0.0722 e. The molecule has 0 N–H and O–H groups in total. The zero-order chi connectivity index (χ0) is 9.19. The van der Waals surface area contributed by atoms with Gasteiger partial charge in [-0.15, -0.1) is 0 Å². The van der Waals surface area contributed by atoms with Crippen LogP contribution in [0.2, 0.25) is 0 Å². The first-order valence-corrected chi connectivity index (χ1v) is 5.66. The van der Waals surface area contributed by atoms with E-state index in [1.165, 1.54) is 0 Å². The van der Waals surface area contributed by atoms with E-state index in [0.717, 1.165) is 10.5 Å². The van der Waals surface area contributed by atoms with E-state index in [4.69, 9.17) is 0 Å². The van der Waals surface area contributed by atoms with Crippen LogP contribution in [0.5, 0.6) is 0 Å². The smallest absolute Gasteiger partial charge is 0.0722 e. The molecule has 0 amide bonds. The highest BCUT2D eigenvalue weighted by Gasteiger charge is 2.05. The molecule has 0 aromatic heterocycles. The quantitative estimate of drug-likeness (QED) is 0.655. The molecule has 0 bridgehead atoms. The summed E-state index contributed by atoms with van der Waals surface area (Å²) < 4.78 is 15.7. The first kappa shape index (κ1) is 9.26. The Hall–Kier alpha value is -0.830. The Morgan fingerprint density at radius 3 is 2.42 bits per heavy atom. The largest absolute Gasteiger partial charge is 0.245 e. The van der Waals surface area contributed by atoms with Crippen molar-refractivity contribution in [2.45, 2.75) is 11.8 Å². The third-order valence-electron chi connectivity index (χ3n) is 1.85. The third kappa shape index (κ3) is 1.67. The number of rotatable bonds is 1. The molecule has 66 valence electrons. The van der Waals surface area contributed by atoms with Crippen molar-refractivity contribution in [3.63, 3.8) is 0 Å². The highest BCUT2D eigenvalue weighted by atomic mass is 32.2. The topological polar surface area (TPSA) is 29.4 Å². The number of benzene rings is 1. The standard InChI is InChI=1S/C9H13NOS/c1-8-6-4-5-7-9(8)12(3,11)10-2/h4-7H,1-3H3/t12-/m1/s1. The van der Waals surface area contributed by atoms with Gasteiger partial charge in [-0.05, 0) is 18.6 Å². The molecule has 2 nitrogen and oxygen atoms in total. The van der Waals surface area contributed by atoms with Gasteiger partial charge in [-0.2, -0.15) is 0 Å². The van der Waals surface area contributed by atoms with E-state index in [0.29, 0.717) is 0 Å². The third-order valence-corrected chi connectivity index (χ3v) is 3.82. The van der Waals surface area contributed by atoms with Gasteiger partial charge in [0, 0.05) is 13.3 Å². The Morgan fingerprint density at radius 2 is 1.92 bits per heavy atom. The highest BCUT2D eigenvalue weighted by Crippen LogP contribution is 2.15. The zero-order valence-corrected chi connectivity index (χ0v) is 8.39.